The van der Waals surface area contributed by atoms with Crippen molar-refractivity contribution in [2.24, 2.45) is 0 Å². The van der Waals surface area contributed by atoms with Crippen LogP contribution in [0.25, 0.3) is 0 Å². The van der Waals surface area contributed by atoms with E-state index in [1.54, 1.807) is 11.7 Å². The SMILES string of the molecule is C[C@@H]1Cc2nn3c(c2CN1C(=O)Nc1cc(Br)c(F)cc1F)C(=O)N(C)O[C@H](CN(C)C)C3. The lowest BCUT2D eigenvalue weighted by Gasteiger charge is -2.33. The number of carbonyl (C=O) groups excluding carboxylic acids is 2. The van der Waals surface area contributed by atoms with Crippen molar-refractivity contribution in [2.75, 3.05) is 33.0 Å². The first-order valence-electron chi connectivity index (χ1n) is 10.5. The van der Waals surface area contributed by atoms with Crippen molar-refractivity contribution in [3.05, 3.63) is 45.2 Å². The van der Waals surface area contributed by atoms with Gasteiger partial charge in [0, 0.05) is 37.7 Å². The van der Waals surface area contributed by atoms with E-state index in [0.29, 0.717) is 36.8 Å². The maximum Gasteiger partial charge on any atom is 0.322 e. The second-order valence-corrected chi connectivity index (χ2v) is 9.46. The highest BCUT2D eigenvalue weighted by atomic mass is 79.9. The van der Waals surface area contributed by atoms with Crippen molar-refractivity contribution in [3.63, 3.8) is 0 Å². The summed E-state index contributed by atoms with van der Waals surface area (Å²) >= 11 is 3.00. The van der Waals surface area contributed by atoms with E-state index in [9.17, 15) is 18.4 Å². The molecule has 1 aromatic heterocycles. The van der Waals surface area contributed by atoms with Crippen LogP contribution in [0.2, 0.25) is 0 Å². The summed E-state index contributed by atoms with van der Waals surface area (Å²) in [5.41, 5.74) is 1.64. The van der Waals surface area contributed by atoms with Gasteiger partial charge < -0.3 is 15.1 Å². The number of benzene rings is 1. The molecule has 0 unspecified atom stereocenters. The van der Waals surface area contributed by atoms with Gasteiger partial charge in [0.2, 0.25) is 0 Å². The number of likely N-dealkylation sites (N-methyl/N-ethyl adjacent to an activating group) is 1. The molecule has 2 aliphatic rings. The Kier molecular flexibility index (Phi) is 6.43. The largest absolute Gasteiger partial charge is 0.322 e. The fourth-order valence-electron chi connectivity index (χ4n) is 4.19. The predicted octanol–water partition coefficient (Wildman–Crippen LogP) is 2.85. The zero-order chi connectivity index (χ0) is 24.0. The van der Waals surface area contributed by atoms with E-state index in [0.717, 1.165) is 5.69 Å². The van der Waals surface area contributed by atoms with Crippen LogP contribution in [-0.2, 0) is 24.3 Å². The van der Waals surface area contributed by atoms with Crippen molar-refractivity contribution in [3.8, 4) is 0 Å². The van der Waals surface area contributed by atoms with Gasteiger partial charge in [-0.1, -0.05) is 0 Å². The van der Waals surface area contributed by atoms with Gasteiger partial charge in [-0.2, -0.15) is 5.10 Å². The number of anilines is 1. The third kappa shape index (κ3) is 4.59. The van der Waals surface area contributed by atoms with Crippen molar-refractivity contribution >= 4 is 33.6 Å². The summed E-state index contributed by atoms with van der Waals surface area (Å²) < 4.78 is 29.4. The Balaban J connectivity index is 1.61. The number of nitrogens with one attached hydrogen (secondary N) is 1. The van der Waals surface area contributed by atoms with Crippen molar-refractivity contribution < 1.29 is 23.2 Å². The highest BCUT2D eigenvalue weighted by Gasteiger charge is 2.37. The van der Waals surface area contributed by atoms with E-state index in [1.165, 1.54) is 16.0 Å². The third-order valence-corrected chi connectivity index (χ3v) is 6.34. The van der Waals surface area contributed by atoms with Crippen LogP contribution in [0.1, 0.15) is 28.7 Å². The summed E-state index contributed by atoms with van der Waals surface area (Å²) in [7, 11) is 5.41. The minimum absolute atomic E-state index is 0.0380. The van der Waals surface area contributed by atoms with E-state index >= 15 is 0 Å². The van der Waals surface area contributed by atoms with E-state index < -0.39 is 17.7 Å². The summed E-state index contributed by atoms with van der Waals surface area (Å²) in [6.45, 7) is 2.98. The average molecular weight is 527 g/mol. The Bertz CT molecular complexity index is 1110. The molecule has 12 heteroatoms. The van der Waals surface area contributed by atoms with E-state index in [1.807, 2.05) is 25.9 Å². The van der Waals surface area contributed by atoms with Crippen LogP contribution in [0, 0.1) is 11.6 Å². The number of aromatic nitrogens is 2. The molecule has 33 heavy (non-hydrogen) atoms. The maximum absolute atomic E-state index is 14.2. The molecule has 2 atom stereocenters. The first kappa shape index (κ1) is 23.6. The minimum Gasteiger partial charge on any atom is -0.317 e. The average Bonchev–Trinajstić information content (AvgIpc) is 3.00. The molecule has 0 fully saturated rings. The van der Waals surface area contributed by atoms with Crippen LogP contribution in [0.3, 0.4) is 0 Å². The van der Waals surface area contributed by atoms with Gasteiger partial charge in [0.25, 0.3) is 5.91 Å². The summed E-state index contributed by atoms with van der Waals surface area (Å²) in [5.74, 6) is -1.98. The zero-order valence-electron chi connectivity index (χ0n) is 18.7. The second kappa shape index (κ2) is 8.99. The fraction of sp³-hybridized carbons (Fsp3) is 0.476. The lowest BCUT2D eigenvalue weighted by atomic mass is 9.99. The van der Waals surface area contributed by atoms with E-state index in [-0.39, 0.29) is 34.8 Å². The number of nitrogens with zero attached hydrogens (tertiary/aromatic N) is 5. The number of rotatable bonds is 3. The molecular formula is C21H25BrF2N6O3. The van der Waals surface area contributed by atoms with Crippen LogP contribution in [0.15, 0.2) is 16.6 Å². The molecule has 1 aromatic carbocycles. The number of halogens is 3. The molecule has 0 radical (unpaired) electrons. The Morgan fingerprint density at radius 2 is 2.06 bits per heavy atom. The molecule has 2 aliphatic heterocycles. The van der Waals surface area contributed by atoms with Gasteiger partial charge in [-0.3, -0.25) is 14.3 Å². The molecule has 0 spiro atoms. The van der Waals surface area contributed by atoms with E-state index in [4.69, 9.17) is 4.84 Å². The first-order chi connectivity index (χ1) is 15.5. The number of carbonyl (C=O) groups is 2. The molecule has 3 heterocycles. The Hall–Kier alpha value is -2.57. The minimum atomic E-state index is -0.880. The fourth-order valence-corrected chi connectivity index (χ4v) is 4.53. The molecule has 0 aliphatic carbocycles. The number of hydroxylamine groups is 2. The van der Waals surface area contributed by atoms with Crippen molar-refractivity contribution in [1.82, 2.24) is 24.6 Å². The molecule has 0 bridgehead atoms. The van der Waals surface area contributed by atoms with Crippen LogP contribution >= 0.6 is 15.9 Å². The second-order valence-electron chi connectivity index (χ2n) is 8.61. The number of fused-ring (bicyclic) bond motifs is 3. The van der Waals surface area contributed by atoms with Crippen LogP contribution < -0.4 is 5.32 Å². The molecule has 1 N–H and O–H groups in total. The number of amides is 3. The van der Waals surface area contributed by atoms with Gasteiger partial charge in [-0.05, 0) is 43.0 Å². The van der Waals surface area contributed by atoms with E-state index in [2.05, 4.69) is 26.3 Å². The smallest absolute Gasteiger partial charge is 0.317 e. The van der Waals surface area contributed by atoms with Crippen molar-refractivity contribution in [1.29, 1.82) is 0 Å². The third-order valence-electron chi connectivity index (χ3n) is 5.74. The Labute approximate surface area is 198 Å². The highest BCUT2D eigenvalue weighted by molar-refractivity contribution is 9.10. The van der Waals surface area contributed by atoms with Gasteiger partial charge in [-0.25, -0.2) is 18.6 Å². The monoisotopic (exact) mass is 526 g/mol. The normalized spacial score (nSPS) is 20.5. The quantitative estimate of drug-likeness (QED) is 0.622. The van der Waals surface area contributed by atoms with Gasteiger partial charge >= 0.3 is 6.03 Å². The van der Waals surface area contributed by atoms with Gasteiger partial charge in [-0.15, -0.1) is 0 Å². The molecular weight excluding hydrogens is 502 g/mol. The number of urea groups is 1. The van der Waals surface area contributed by atoms with Crippen molar-refractivity contribution in [2.45, 2.75) is 38.6 Å². The molecule has 2 aromatic rings. The Morgan fingerprint density at radius 1 is 1.33 bits per heavy atom. The molecule has 178 valence electrons. The predicted molar refractivity (Wildman–Crippen MR) is 120 cm³/mol. The first-order valence-corrected chi connectivity index (χ1v) is 11.2. The zero-order valence-corrected chi connectivity index (χ0v) is 20.3. The molecule has 9 nitrogen and oxygen atoms in total. The maximum atomic E-state index is 14.2. The Morgan fingerprint density at radius 3 is 2.76 bits per heavy atom. The molecule has 0 saturated carbocycles. The van der Waals surface area contributed by atoms with Crippen LogP contribution in [0.4, 0.5) is 19.3 Å². The van der Waals surface area contributed by atoms with Gasteiger partial charge in [0.1, 0.15) is 23.4 Å². The lowest BCUT2D eigenvalue weighted by molar-refractivity contribution is -0.152. The molecule has 3 amide bonds. The molecule has 0 saturated heterocycles. The molecule has 4 rings (SSSR count). The van der Waals surface area contributed by atoms with Gasteiger partial charge in [0.15, 0.2) is 0 Å². The highest BCUT2D eigenvalue weighted by Crippen LogP contribution is 2.30. The van der Waals surface area contributed by atoms with Crippen LogP contribution in [0.5, 0.6) is 0 Å². The number of hydrogen-bond acceptors (Lipinski definition) is 5. The summed E-state index contributed by atoms with van der Waals surface area (Å²) in [6, 6.07) is 1.08. The standard InChI is InChI=1S/C21H25BrF2N6O3/c1-11-5-17-13(10-29(11)21(32)25-18-6-14(22)15(23)7-16(18)24)19-20(31)28(4)33-12(8-27(2)3)9-30(19)26-17/h6-7,11-12H,5,8-10H2,1-4H3,(H,25,32)/t11-,12-/m1/s1. The lowest BCUT2D eigenvalue weighted by Crippen LogP contribution is -2.45. The summed E-state index contributed by atoms with van der Waals surface area (Å²) in [5, 5.41) is 8.38. The summed E-state index contributed by atoms with van der Waals surface area (Å²) in [4.78, 5) is 35.3. The number of hydrogen-bond donors (Lipinski definition) is 1. The topological polar surface area (TPSA) is 82.9 Å². The summed E-state index contributed by atoms with van der Waals surface area (Å²) in [6.07, 6.45) is 0.169. The van der Waals surface area contributed by atoms with Crippen LogP contribution in [-0.4, -0.2) is 76.4 Å². The van der Waals surface area contributed by atoms with Gasteiger partial charge in [0.05, 0.1) is 28.9 Å².